The van der Waals surface area contributed by atoms with Gasteiger partial charge in [-0.15, -0.1) is 0 Å². The van der Waals surface area contributed by atoms with Crippen LogP contribution in [0.25, 0.3) is 0 Å². The second-order valence-corrected chi connectivity index (χ2v) is 6.27. The van der Waals surface area contributed by atoms with Gasteiger partial charge in [-0.2, -0.15) is 0 Å². The van der Waals surface area contributed by atoms with Crippen LogP contribution >= 0.6 is 0 Å². The van der Waals surface area contributed by atoms with Crippen LogP contribution in [0.4, 0.5) is 0 Å². The quantitative estimate of drug-likeness (QED) is 0.585. The van der Waals surface area contributed by atoms with Gasteiger partial charge in [0.1, 0.15) is 18.8 Å². The zero-order valence-corrected chi connectivity index (χ0v) is 12.5. The SMILES string of the molecule is COC(=O)CC(=O)C1CCCCC1C1=NC(C)(C)CO1. The molecular formula is C15H23NO4. The Morgan fingerprint density at radius 2 is 2.05 bits per heavy atom. The lowest BCUT2D eigenvalue weighted by Crippen LogP contribution is -2.34. The number of esters is 1. The monoisotopic (exact) mass is 281 g/mol. The van der Waals surface area contributed by atoms with Gasteiger partial charge in [0.15, 0.2) is 5.90 Å². The van der Waals surface area contributed by atoms with Crippen molar-refractivity contribution in [1.82, 2.24) is 0 Å². The first-order valence-corrected chi connectivity index (χ1v) is 7.25. The average molecular weight is 281 g/mol. The van der Waals surface area contributed by atoms with E-state index in [9.17, 15) is 9.59 Å². The minimum absolute atomic E-state index is 0.0303. The number of rotatable bonds is 4. The minimum atomic E-state index is -0.464. The fourth-order valence-electron chi connectivity index (χ4n) is 2.96. The highest BCUT2D eigenvalue weighted by Gasteiger charge is 2.39. The molecule has 2 rings (SSSR count). The molecule has 0 aromatic heterocycles. The summed E-state index contributed by atoms with van der Waals surface area (Å²) < 4.78 is 10.3. The summed E-state index contributed by atoms with van der Waals surface area (Å²) >= 11 is 0. The standard InChI is InChI=1S/C15H23NO4/c1-15(2)9-20-14(16-15)11-7-5-4-6-10(11)12(17)8-13(18)19-3/h10-11H,4-9H2,1-3H3. The number of carbonyl (C=O) groups is 2. The van der Waals surface area contributed by atoms with Crippen molar-refractivity contribution >= 4 is 17.7 Å². The number of methoxy groups -OCH3 is 1. The third-order valence-corrected chi connectivity index (χ3v) is 4.03. The van der Waals surface area contributed by atoms with E-state index in [-0.39, 0.29) is 29.6 Å². The molecule has 0 amide bonds. The summed E-state index contributed by atoms with van der Waals surface area (Å²) in [5.41, 5.74) is -0.206. The van der Waals surface area contributed by atoms with E-state index in [0.717, 1.165) is 25.7 Å². The Balaban J connectivity index is 2.10. The molecule has 2 unspecified atom stereocenters. The Morgan fingerprint density at radius 1 is 1.35 bits per heavy atom. The first kappa shape index (κ1) is 15.0. The summed E-state index contributed by atoms with van der Waals surface area (Å²) in [6.45, 7) is 4.61. The molecule has 2 atom stereocenters. The zero-order chi connectivity index (χ0) is 14.8. The number of hydrogen-bond acceptors (Lipinski definition) is 5. The normalized spacial score (nSPS) is 28.4. The highest BCUT2D eigenvalue weighted by molar-refractivity contribution is 5.99. The fourth-order valence-corrected chi connectivity index (χ4v) is 2.96. The predicted molar refractivity (Wildman–Crippen MR) is 74.6 cm³/mol. The third kappa shape index (κ3) is 3.38. The number of carbonyl (C=O) groups excluding carboxylic acids is 2. The van der Waals surface area contributed by atoms with Crippen LogP contribution in [-0.2, 0) is 19.1 Å². The van der Waals surface area contributed by atoms with Crippen molar-refractivity contribution < 1.29 is 19.1 Å². The van der Waals surface area contributed by atoms with Crippen LogP contribution in [0.3, 0.4) is 0 Å². The van der Waals surface area contributed by atoms with Crippen molar-refractivity contribution in [2.75, 3.05) is 13.7 Å². The Hall–Kier alpha value is -1.39. The maximum Gasteiger partial charge on any atom is 0.313 e. The third-order valence-electron chi connectivity index (χ3n) is 4.03. The summed E-state index contributed by atoms with van der Waals surface area (Å²) in [5, 5.41) is 0. The van der Waals surface area contributed by atoms with Gasteiger partial charge in [0.25, 0.3) is 0 Å². The van der Waals surface area contributed by atoms with Crippen LogP contribution in [0.15, 0.2) is 4.99 Å². The molecule has 1 saturated carbocycles. The smallest absolute Gasteiger partial charge is 0.313 e. The molecule has 0 aromatic carbocycles. The van der Waals surface area contributed by atoms with Crippen LogP contribution in [-0.4, -0.2) is 36.9 Å². The van der Waals surface area contributed by atoms with E-state index in [1.165, 1.54) is 7.11 Å². The van der Waals surface area contributed by atoms with E-state index in [2.05, 4.69) is 9.73 Å². The fraction of sp³-hybridized carbons (Fsp3) is 0.800. The van der Waals surface area contributed by atoms with Crippen molar-refractivity contribution in [3.05, 3.63) is 0 Å². The summed E-state index contributed by atoms with van der Waals surface area (Å²) in [5.74, 6) is 0.0718. The molecule has 0 radical (unpaired) electrons. The number of ketones is 1. The van der Waals surface area contributed by atoms with Crippen LogP contribution in [0, 0.1) is 11.8 Å². The van der Waals surface area contributed by atoms with E-state index in [0.29, 0.717) is 12.5 Å². The van der Waals surface area contributed by atoms with E-state index < -0.39 is 5.97 Å². The summed E-state index contributed by atoms with van der Waals surface area (Å²) in [4.78, 5) is 28.2. The molecule has 2 aliphatic rings. The summed E-state index contributed by atoms with van der Waals surface area (Å²) in [7, 11) is 1.31. The molecular weight excluding hydrogens is 258 g/mol. The Bertz CT molecular complexity index is 428. The first-order valence-electron chi connectivity index (χ1n) is 7.25. The number of aliphatic imine (C=N–C) groups is 1. The van der Waals surface area contributed by atoms with Crippen molar-refractivity contribution in [3.8, 4) is 0 Å². The molecule has 112 valence electrons. The summed E-state index contributed by atoms with van der Waals surface area (Å²) in [6, 6.07) is 0. The van der Waals surface area contributed by atoms with Gasteiger partial charge in [-0.1, -0.05) is 12.8 Å². The average Bonchev–Trinajstić information content (AvgIpc) is 2.78. The van der Waals surface area contributed by atoms with Gasteiger partial charge >= 0.3 is 5.97 Å². The summed E-state index contributed by atoms with van der Waals surface area (Å²) in [6.07, 6.45) is 3.67. The van der Waals surface area contributed by atoms with Gasteiger partial charge < -0.3 is 9.47 Å². The van der Waals surface area contributed by atoms with Crippen molar-refractivity contribution in [1.29, 1.82) is 0 Å². The van der Waals surface area contributed by atoms with E-state index in [1.54, 1.807) is 0 Å². The lowest BCUT2D eigenvalue weighted by Gasteiger charge is -2.29. The number of hydrogen-bond donors (Lipinski definition) is 0. The molecule has 0 N–H and O–H groups in total. The first-order chi connectivity index (χ1) is 9.43. The van der Waals surface area contributed by atoms with Crippen molar-refractivity contribution in [2.24, 2.45) is 16.8 Å². The highest BCUT2D eigenvalue weighted by atomic mass is 16.5. The second-order valence-electron chi connectivity index (χ2n) is 6.27. The molecule has 0 saturated heterocycles. The van der Waals surface area contributed by atoms with Crippen LogP contribution in [0.5, 0.6) is 0 Å². The van der Waals surface area contributed by atoms with E-state index >= 15 is 0 Å². The van der Waals surface area contributed by atoms with Gasteiger partial charge in [0.05, 0.1) is 12.6 Å². The molecule has 0 spiro atoms. The minimum Gasteiger partial charge on any atom is -0.478 e. The molecule has 1 fully saturated rings. The van der Waals surface area contributed by atoms with Gasteiger partial charge in [-0.3, -0.25) is 9.59 Å². The Kier molecular flexibility index (Phi) is 4.45. The molecule has 5 heteroatoms. The van der Waals surface area contributed by atoms with Crippen LogP contribution < -0.4 is 0 Å². The molecule has 0 aromatic rings. The van der Waals surface area contributed by atoms with Crippen LogP contribution in [0.2, 0.25) is 0 Å². The van der Waals surface area contributed by atoms with E-state index in [1.807, 2.05) is 13.8 Å². The van der Waals surface area contributed by atoms with Gasteiger partial charge in [-0.05, 0) is 26.7 Å². The molecule has 0 bridgehead atoms. The van der Waals surface area contributed by atoms with Gasteiger partial charge in [0, 0.05) is 11.8 Å². The predicted octanol–water partition coefficient (Wildman–Crippen LogP) is 2.13. The van der Waals surface area contributed by atoms with Crippen molar-refractivity contribution in [3.63, 3.8) is 0 Å². The van der Waals surface area contributed by atoms with Crippen molar-refractivity contribution in [2.45, 2.75) is 51.5 Å². The lowest BCUT2D eigenvalue weighted by molar-refractivity contribution is -0.144. The van der Waals surface area contributed by atoms with E-state index in [4.69, 9.17) is 4.74 Å². The maximum absolute atomic E-state index is 12.3. The second kappa shape index (κ2) is 5.94. The topological polar surface area (TPSA) is 65.0 Å². The Morgan fingerprint density at radius 3 is 2.65 bits per heavy atom. The Labute approximate surface area is 119 Å². The largest absolute Gasteiger partial charge is 0.478 e. The maximum atomic E-state index is 12.3. The molecule has 1 aliphatic heterocycles. The molecule has 1 aliphatic carbocycles. The molecule has 5 nitrogen and oxygen atoms in total. The number of nitrogens with zero attached hydrogens (tertiary/aromatic N) is 1. The van der Waals surface area contributed by atoms with Crippen LogP contribution in [0.1, 0.15) is 46.0 Å². The number of Topliss-reactive ketones (excluding diaryl/α,β-unsaturated/α-hetero) is 1. The highest BCUT2D eigenvalue weighted by Crippen LogP contribution is 2.35. The molecule has 1 heterocycles. The number of ether oxygens (including phenoxy) is 2. The molecule has 20 heavy (non-hydrogen) atoms. The van der Waals surface area contributed by atoms with Gasteiger partial charge in [-0.25, -0.2) is 4.99 Å². The lowest BCUT2D eigenvalue weighted by atomic mass is 9.76. The van der Waals surface area contributed by atoms with Gasteiger partial charge in [0.2, 0.25) is 0 Å². The zero-order valence-electron chi connectivity index (χ0n) is 12.5.